The zero-order valence-corrected chi connectivity index (χ0v) is 12.4. The SMILES string of the molecule is CCC(C)(C(C)O)N(C)C(C)Cc1cccs1. The Morgan fingerprint density at radius 2 is 2.12 bits per heavy atom. The molecule has 1 aromatic rings. The van der Waals surface area contributed by atoms with Gasteiger partial charge >= 0.3 is 0 Å². The number of aliphatic hydroxyl groups excluding tert-OH is 1. The Morgan fingerprint density at radius 1 is 1.47 bits per heavy atom. The van der Waals surface area contributed by atoms with Gasteiger partial charge in [0, 0.05) is 16.5 Å². The maximum absolute atomic E-state index is 9.98. The summed E-state index contributed by atoms with van der Waals surface area (Å²) in [6, 6.07) is 4.72. The largest absolute Gasteiger partial charge is 0.391 e. The normalized spacial score (nSPS) is 19.0. The van der Waals surface area contributed by atoms with Gasteiger partial charge in [-0.25, -0.2) is 0 Å². The van der Waals surface area contributed by atoms with E-state index in [2.05, 4.69) is 50.2 Å². The zero-order chi connectivity index (χ0) is 13.1. The van der Waals surface area contributed by atoms with Gasteiger partial charge in [0.1, 0.15) is 0 Å². The summed E-state index contributed by atoms with van der Waals surface area (Å²) in [6.07, 6.45) is 1.69. The molecule has 0 aliphatic carbocycles. The second-order valence-electron chi connectivity index (χ2n) is 5.13. The Bertz CT molecular complexity index is 323. The van der Waals surface area contributed by atoms with Crippen molar-refractivity contribution in [1.82, 2.24) is 4.90 Å². The third-order valence-electron chi connectivity index (χ3n) is 4.16. The first kappa shape index (κ1) is 14.7. The van der Waals surface area contributed by atoms with E-state index >= 15 is 0 Å². The third-order valence-corrected chi connectivity index (χ3v) is 5.06. The Hall–Kier alpha value is -0.380. The van der Waals surface area contributed by atoms with Crippen LogP contribution in [-0.2, 0) is 6.42 Å². The molecule has 0 aliphatic heterocycles. The molecule has 0 saturated carbocycles. The summed E-state index contributed by atoms with van der Waals surface area (Å²) in [5.74, 6) is 0. The second kappa shape index (κ2) is 5.98. The van der Waals surface area contributed by atoms with Gasteiger partial charge in [0.2, 0.25) is 0 Å². The van der Waals surface area contributed by atoms with Crippen molar-refractivity contribution in [3.05, 3.63) is 22.4 Å². The van der Waals surface area contributed by atoms with Crippen LogP contribution in [0.15, 0.2) is 17.5 Å². The number of hydrogen-bond donors (Lipinski definition) is 1. The van der Waals surface area contributed by atoms with Gasteiger partial charge in [-0.2, -0.15) is 0 Å². The van der Waals surface area contributed by atoms with E-state index in [9.17, 15) is 5.11 Å². The molecular formula is C14H25NOS. The number of nitrogens with zero attached hydrogens (tertiary/aromatic N) is 1. The van der Waals surface area contributed by atoms with Crippen LogP contribution in [0.4, 0.5) is 0 Å². The lowest BCUT2D eigenvalue weighted by molar-refractivity contribution is -0.0188. The number of hydrogen-bond acceptors (Lipinski definition) is 3. The highest BCUT2D eigenvalue weighted by Crippen LogP contribution is 2.26. The number of rotatable bonds is 6. The predicted molar refractivity (Wildman–Crippen MR) is 75.6 cm³/mol. The third kappa shape index (κ3) is 3.30. The summed E-state index contributed by atoms with van der Waals surface area (Å²) >= 11 is 1.81. The van der Waals surface area contributed by atoms with Crippen molar-refractivity contribution < 1.29 is 5.11 Å². The van der Waals surface area contributed by atoms with Crippen LogP contribution in [0.25, 0.3) is 0 Å². The quantitative estimate of drug-likeness (QED) is 0.844. The van der Waals surface area contributed by atoms with Crippen molar-refractivity contribution in [2.75, 3.05) is 7.05 Å². The molecule has 0 saturated heterocycles. The molecule has 0 amide bonds. The molecule has 0 aromatic carbocycles. The van der Waals surface area contributed by atoms with Crippen molar-refractivity contribution in [3.63, 3.8) is 0 Å². The number of thiophene rings is 1. The average molecular weight is 255 g/mol. The van der Waals surface area contributed by atoms with Crippen LogP contribution in [0, 0.1) is 0 Å². The van der Waals surface area contributed by atoms with E-state index in [1.54, 1.807) is 11.3 Å². The van der Waals surface area contributed by atoms with Crippen LogP contribution >= 0.6 is 11.3 Å². The van der Waals surface area contributed by atoms with Crippen molar-refractivity contribution in [2.45, 2.75) is 58.2 Å². The van der Waals surface area contributed by atoms with Gasteiger partial charge < -0.3 is 5.11 Å². The fraction of sp³-hybridized carbons (Fsp3) is 0.714. The topological polar surface area (TPSA) is 23.5 Å². The lowest BCUT2D eigenvalue weighted by Crippen LogP contribution is -2.55. The van der Waals surface area contributed by atoms with Gasteiger partial charge in [-0.15, -0.1) is 11.3 Å². The summed E-state index contributed by atoms with van der Waals surface area (Å²) in [6.45, 7) is 8.40. The van der Waals surface area contributed by atoms with Crippen LogP contribution in [-0.4, -0.2) is 34.7 Å². The predicted octanol–water partition coefficient (Wildman–Crippen LogP) is 3.16. The molecule has 3 unspecified atom stereocenters. The van der Waals surface area contributed by atoms with Crippen LogP contribution in [0.1, 0.15) is 39.0 Å². The maximum atomic E-state index is 9.98. The molecule has 3 heteroatoms. The lowest BCUT2D eigenvalue weighted by atomic mass is 9.89. The first-order valence-corrected chi connectivity index (χ1v) is 7.23. The van der Waals surface area contributed by atoms with E-state index in [1.807, 2.05) is 6.92 Å². The van der Waals surface area contributed by atoms with E-state index in [0.717, 1.165) is 12.8 Å². The molecule has 1 aromatic heterocycles. The van der Waals surface area contributed by atoms with Gasteiger partial charge in [0.25, 0.3) is 0 Å². The lowest BCUT2D eigenvalue weighted by Gasteiger charge is -2.44. The highest BCUT2D eigenvalue weighted by atomic mass is 32.1. The molecular weight excluding hydrogens is 230 g/mol. The monoisotopic (exact) mass is 255 g/mol. The van der Waals surface area contributed by atoms with Gasteiger partial charge in [-0.05, 0) is 52.1 Å². The summed E-state index contributed by atoms with van der Waals surface area (Å²) in [5.41, 5.74) is -0.142. The van der Waals surface area contributed by atoms with E-state index in [4.69, 9.17) is 0 Å². The first-order valence-electron chi connectivity index (χ1n) is 6.35. The standard InChI is InChI=1S/C14H25NOS/c1-6-14(4,12(3)16)15(5)11(2)10-13-8-7-9-17-13/h7-9,11-12,16H,6,10H2,1-5H3. The van der Waals surface area contributed by atoms with Crippen molar-refractivity contribution >= 4 is 11.3 Å². The van der Waals surface area contributed by atoms with Crippen LogP contribution in [0.3, 0.4) is 0 Å². The molecule has 17 heavy (non-hydrogen) atoms. The highest BCUT2D eigenvalue weighted by Gasteiger charge is 2.34. The summed E-state index contributed by atoms with van der Waals surface area (Å²) < 4.78 is 0. The van der Waals surface area contributed by atoms with E-state index in [1.165, 1.54) is 4.88 Å². The fourth-order valence-corrected chi connectivity index (χ4v) is 3.03. The van der Waals surface area contributed by atoms with Crippen LogP contribution < -0.4 is 0 Å². The Kier molecular flexibility index (Phi) is 5.17. The minimum atomic E-state index is -0.316. The smallest absolute Gasteiger partial charge is 0.0692 e. The Morgan fingerprint density at radius 3 is 2.53 bits per heavy atom. The average Bonchev–Trinajstić information content (AvgIpc) is 2.79. The minimum Gasteiger partial charge on any atom is -0.391 e. The van der Waals surface area contributed by atoms with E-state index in [-0.39, 0.29) is 11.6 Å². The molecule has 98 valence electrons. The zero-order valence-electron chi connectivity index (χ0n) is 11.6. The number of likely N-dealkylation sites (N-methyl/N-ethyl adjacent to an activating group) is 1. The van der Waals surface area contributed by atoms with Crippen LogP contribution in [0.5, 0.6) is 0 Å². The van der Waals surface area contributed by atoms with Crippen molar-refractivity contribution in [3.8, 4) is 0 Å². The molecule has 2 nitrogen and oxygen atoms in total. The molecule has 0 aliphatic rings. The van der Waals surface area contributed by atoms with Crippen LogP contribution in [0.2, 0.25) is 0 Å². The number of aliphatic hydroxyl groups is 1. The summed E-state index contributed by atoms with van der Waals surface area (Å²) in [7, 11) is 2.12. The molecule has 1 N–H and O–H groups in total. The first-order chi connectivity index (χ1) is 7.91. The molecule has 0 fully saturated rings. The van der Waals surface area contributed by atoms with Gasteiger partial charge in [0.15, 0.2) is 0 Å². The summed E-state index contributed by atoms with van der Waals surface area (Å²) in [5, 5.41) is 12.1. The molecule has 0 radical (unpaired) electrons. The molecule has 3 atom stereocenters. The van der Waals surface area contributed by atoms with E-state index in [0.29, 0.717) is 6.04 Å². The molecule has 1 rings (SSSR count). The second-order valence-corrected chi connectivity index (χ2v) is 6.16. The van der Waals surface area contributed by atoms with Gasteiger partial charge in [-0.1, -0.05) is 13.0 Å². The summed E-state index contributed by atoms with van der Waals surface area (Å²) in [4.78, 5) is 3.73. The minimum absolute atomic E-state index is 0.142. The van der Waals surface area contributed by atoms with Gasteiger partial charge in [0.05, 0.1) is 6.10 Å². The molecule has 0 spiro atoms. The van der Waals surface area contributed by atoms with E-state index < -0.39 is 0 Å². The Labute approximate surface area is 109 Å². The van der Waals surface area contributed by atoms with Gasteiger partial charge in [-0.3, -0.25) is 4.90 Å². The van der Waals surface area contributed by atoms with Crippen molar-refractivity contribution in [2.24, 2.45) is 0 Å². The Balaban J connectivity index is 2.71. The molecule has 0 bridgehead atoms. The fourth-order valence-electron chi connectivity index (χ4n) is 2.20. The highest BCUT2D eigenvalue weighted by molar-refractivity contribution is 7.09. The maximum Gasteiger partial charge on any atom is 0.0692 e. The molecule has 1 heterocycles. The van der Waals surface area contributed by atoms with Crippen molar-refractivity contribution in [1.29, 1.82) is 0 Å².